The first-order valence-corrected chi connectivity index (χ1v) is 8.26. The van der Waals surface area contributed by atoms with Gasteiger partial charge in [0.25, 0.3) is 5.91 Å². The summed E-state index contributed by atoms with van der Waals surface area (Å²) in [6.45, 7) is 1.05. The molecular formula is C15H14Cl2N2O3S. The first-order chi connectivity index (χ1) is 10.9. The molecule has 0 saturated carbocycles. The van der Waals surface area contributed by atoms with Crippen LogP contribution in [0.25, 0.3) is 11.1 Å². The van der Waals surface area contributed by atoms with Gasteiger partial charge in [0, 0.05) is 24.2 Å². The molecule has 0 radical (unpaired) electrons. The van der Waals surface area contributed by atoms with Crippen molar-refractivity contribution in [3.05, 3.63) is 44.1 Å². The van der Waals surface area contributed by atoms with Crippen LogP contribution >= 0.6 is 34.5 Å². The van der Waals surface area contributed by atoms with Crippen molar-refractivity contribution in [1.82, 2.24) is 10.6 Å². The van der Waals surface area contributed by atoms with Gasteiger partial charge >= 0.3 is 5.97 Å². The summed E-state index contributed by atoms with van der Waals surface area (Å²) in [5, 5.41) is 14.9. The molecule has 1 aromatic carbocycles. The quantitative estimate of drug-likeness (QED) is 0.679. The summed E-state index contributed by atoms with van der Waals surface area (Å²) < 4.78 is 0.935. The number of carboxylic acids is 1. The summed E-state index contributed by atoms with van der Waals surface area (Å²) in [4.78, 5) is 23.5. The number of amides is 1. The van der Waals surface area contributed by atoms with Crippen molar-refractivity contribution in [2.75, 3.05) is 20.1 Å². The molecule has 0 atom stereocenters. The maximum atomic E-state index is 12.2. The predicted octanol–water partition coefficient (Wildman–Crippen LogP) is 3.37. The molecule has 0 saturated heterocycles. The van der Waals surface area contributed by atoms with Crippen LogP contribution in [-0.2, 0) is 0 Å². The van der Waals surface area contributed by atoms with Gasteiger partial charge in [-0.05, 0) is 36.9 Å². The van der Waals surface area contributed by atoms with Gasteiger partial charge in [-0.15, -0.1) is 11.3 Å². The molecule has 1 heterocycles. The number of hydrogen-bond acceptors (Lipinski definition) is 4. The first kappa shape index (κ1) is 17.7. The molecule has 1 amide bonds. The van der Waals surface area contributed by atoms with E-state index in [0.717, 1.165) is 0 Å². The Labute approximate surface area is 147 Å². The topological polar surface area (TPSA) is 78.4 Å². The zero-order valence-corrected chi connectivity index (χ0v) is 14.5. The van der Waals surface area contributed by atoms with E-state index in [1.54, 1.807) is 19.2 Å². The lowest BCUT2D eigenvalue weighted by Crippen LogP contribution is -2.30. The highest BCUT2D eigenvalue weighted by Crippen LogP contribution is 2.38. The average Bonchev–Trinajstić information content (AvgIpc) is 2.85. The van der Waals surface area contributed by atoms with Crippen LogP contribution < -0.4 is 10.6 Å². The molecule has 2 aromatic rings. The highest BCUT2D eigenvalue weighted by Gasteiger charge is 2.16. The second-order valence-corrected chi connectivity index (χ2v) is 6.99. The summed E-state index contributed by atoms with van der Waals surface area (Å²) in [6.07, 6.45) is 0. The van der Waals surface area contributed by atoms with E-state index in [0.29, 0.717) is 32.9 Å². The van der Waals surface area contributed by atoms with Crippen LogP contribution in [0.4, 0.5) is 0 Å². The number of thiophene rings is 1. The molecule has 0 bridgehead atoms. The van der Waals surface area contributed by atoms with Crippen LogP contribution in [0.2, 0.25) is 8.67 Å². The van der Waals surface area contributed by atoms with E-state index in [1.807, 2.05) is 0 Å². The van der Waals surface area contributed by atoms with Gasteiger partial charge in [-0.3, -0.25) is 4.79 Å². The van der Waals surface area contributed by atoms with Crippen LogP contribution in [0.1, 0.15) is 20.7 Å². The molecule has 0 aliphatic carbocycles. The lowest BCUT2D eigenvalue weighted by atomic mass is 10.0. The van der Waals surface area contributed by atoms with Crippen LogP contribution in [0, 0.1) is 0 Å². The summed E-state index contributed by atoms with van der Waals surface area (Å²) >= 11 is 13.2. The van der Waals surface area contributed by atoms with Crippen LogP contribution in [0.3, 0.4) is 0 Å². The molecule has 0 aliphatic heterocycles. The maximum absolute atomic E-state index is 12.2. The van der Waals surface area contributed by atoms with Crippen molar-refractivity contribution in [3.63, 3.8) is 0 Å². The molecule has 5 nitrogen and oxygen atoms in total. The summed E-state index contributed by atoms with van der Waals surface area (Å²) in [6, 6.07) is 6.06. The zero-order valence-electron chi connectivity index (χ0n) is 12.2. The van der Waals surface area contributed by atoms with E-state index in [9.17, 15) is 14.7 Å². The molecule has 0 spiro atoms. The second-order valence-electron chi connectivity index (χ2n) is 4.70. The lowest BCUT2D eigenvalue weighted by Gasteiger charge is -2.08. The summed E-state index contributed by atoms with van der Waals surface area (Å²) in [5.41, 5.74) is 1.42. The number of aromatic carboxylic acids is 1. The fourth-order valence-corrected chi connectivity index (χ4v) is 3.48. The SMILES string of the molecule is CNCCNC(=O)c1cc(C(=O)O)cc(-c2cc(Cl)sc2Cl)c1. The van der Waals surface area contributed by atoms with Crippen molar-refractivity contribution in [1.29, 1.82) is 0 Å². The minimum absolute atomic E-state index is 0.0136. The molecule has 8 heteroatoms. The standard InChI is InChI=1S/C15H14Cl2N2O3S/c1-18-2-3-19-14(20)9-4-8(5-10(6-9)15(21)22)11-7-12(16)23-13(11)17/h4-7,18H,2-3H2,1H3,(H,19,20)(H,21,22). The van der Waals surface area contributed by atoms with Gasteiger partial charge in [0.15, 0.2) is 0 Å². The van der Waals surface area contributed by atoms with Gasteiger partial charge in [0.1, 0.15) is 4.34 Å². The number of carbonyl (C=O) groups is 2. The molecular weight excluding hydrogens is 359 g/mol. The van der Waals surface area contributed by atoms with Gasteiger partial charge in [-0.25, -0.2) is 4.79 Å². The molecule has 23 heavy (non-hydrogen) atoms. The number of rotatable bonds is 6. The van der Waals surface area contributed by atoms with Crippen molar-refractivity contribution < 1.29 is 14.7 Å². The maximum Gasteiger partial charge on any atom is 0.335 e. The number of benzene rings is 1. The van der Waals surface area contributed by atoms with E-state index >= 15 is 0 Å². The fourth-order valence-electron chi connectivity index (χ4n) is 1.98. The normalized spacial score (nSPS) is 10.6. The van der Waals surface area contributed by atoms with Gasteiger partial charge in [-0.1, -0.05) is 23.2 Å². The Bertz CT molecular complexity index is 746. The highest BCUT2D eigenvalue weighted by atomic mass is 35.5. The Morgan fingerprint density at radius 2 is 1.83 bits per heavy atom. The first-order valence-electron chi connectivity index (χ1n) is 6.68. The zero-order chi connectivity index (χ0) is 17.0. The largest absolute Gasteiger partial charge is 0.478 e. The molecule has 0 aliphatic rings. The third-order valence-electron chi connectivity index (χ3n) is 3.07. The second kappa shape index (κ2) is 7.79. The van der Waals surface area contributed by atoms with Crippen molar-refractivity contribution in [2.45, 2.75) is 0 Å². The smallest absolute Gasteiger partial charge is 0.335 e. The third kappa shape index (κ3) is 4.45. The third-order valence-corrected chi connectivity index (χ3v) is 4.56. The minimum atomic E-state index is -1.12. The molecule has 2 rings (SSSR count). The molecule has 1 aromatic heterocycles. The van der Waals surface area contributed by atoms with Crippen molar-refractivity contribution >= 4 is 46.4 Å². The lowest BCUT2D eigenvalue weighted by molar-refractivity contribution is 0.0697. The number of hydrogen-bond donors (Lipinski definition) is 3. The van der Waals surface area contributed by atoms with Gasteiger partial charge in [0.2, 0.25) is 0 Å². The van der Waals surface area contributed by atoms with E-state index in [-0.39, 0.29) is 17.0 Å². The molecule has 0 unspecified atom stereocenters. The van der Waals surface area contributed by atoms with Gasteiger partial charge in [-0.2, -0.15) is 0 Å². The Hall–Kier alpha value is -1.60. The number of carboxylic acid groups (broad SMARTS) is 1. The van der Waals surface area contributed by atoms with E-state index in [4.69, 9.17) is 23.2 Å². The number of likely N-dealkylation sites (N-methyl/N-ethyl adjacent to an activating group) is 1. The minimum Gasteiger partial charge on any atom is -0.478 e. The Morgan fingerprint density at radius 1 is 1.13 bits per heavy atom. The van der Waals surface area contributed by atoms with Crippen molar-refractivity contribution in [3.8, 4) is 11.1 Å². The number of halogens is 2. The van der Waals surface area contributed by atoms with Crippen molar-refractivity contribution in [2.24, 2.45) is 0 Å². The van der Waals surface area contributed by atoms with Gasteiger partial charge in [0.05, 0.1) is 9.90 Å². The average molecular weight is 373 g/mol. The van der Waals surface area contributed by atoms with E-state index in [2.05, 4.69) is 10.6 Å². The summed E-state index contributed by atoms with van der Waals surface area (Å²) in [7, 11) is 1.78. The Kier molecular flexibility index (Phi) is 6.01. The van der Waals surface area contributed by atoms with Crippen LogP contribution in [0.15, 0.2) is 24.3 Å². The Balaban J connectivity index is 2.41. The van der Waals surface area contributed by atoms with Crippen LogP contribution in [-0.4, -0.2) is 37.1 Å². The predicted molar refractivity (Wildman–Crippen MR) is 93.0 cm³/mol. The van der Waals surface area contributed by atoms with E-state index < -0.39 is 5.97 Å². The molecule has 3 N–H and O–H groups in total. The Morgan fingerprint density at radius 3 is 2.39 bits per heavy atom. The highest BCUT2D eigenvalue weighted by molar-refractivity contribution is 7.20. The summed E-state index contributed by atoms with van der Waals surface area (Å²) in [5.74, 6) is -1.46. The van der Waals surface area contributed by atoms with E-state index in [1.165, 1.54) is 23.5 Å². The molecule has 122 valence electrons. The van der Waals surface area contributed by atoms with Crippen LogP contribution in [0.5, 0.6) is 0 Å². The van der Waals surface area contributed by atoms with Gasteiger partial charge < -0.3 is 15.7 Å². The monoisotopic (exact) mass is 372 g/mol. The number of carbonyl (C=O) groups excluding carboxylic acids is 1. The fraction of sp³-hybridized carbons (Fsp3) is 0.200. The number of nitrogens with one attached hydrogen (secondary N) is 2. The molecule has 0 fully saturated rings.